The fourth-order valence-electron chi connectivity index (χ4n) is 3.37. The number of anilines is 1. The lowest BCUT2D eigenvalue weighted by Gasteiger charge is -2.10. The summed E-state index contributed by atoms with van der Waals surface area (Å²) < 4.78 is 7.00. The van der Waals surface area contributed by atoms with Crippen molar-refractivity contribution in [3.8, 4) is 18.7 Å². The monoisotopic (exact) mass is 518 g/mol. The number of amides is 1. The Morgan fingerprint density at radius 1 is 1.26 bits per heavy atom. The molecule has 0 spiro atoms. The molecule has 0 aliphatic carbocycles. The Bertz CT molecular complexity index is 1270. The van der Waals surface area contributed by atoms with Gasteiger partial charge in [0.05, 0.1) is 35.0 Å². The Kier molecular flexibility index (Phi) is 9.99. The minimum Gasteiger partial charge on any atom is -0.481 e. The molecule has 0 aliphatic rings. The number of methoxy groups -OCH3 is 1. The van der Waals surface area contributed by atoms with Gasteiger partial charge < -0.3 is 14.6 Å². The number of alkyl halides is 1. The van der Waals surface area contributed by atoms with Gasteiger partial charge in [-0.3, -0.25) is 14.6 Å². The summed E-state index contributed by atoms with van der Waals surface area (Å²) in [6.07, 6.45) is 9.49. The van der Waals surface area contributed by atoms with Crippen molar-refractivity contribution < 1.29 is 14.3 Å². The van der Waals surface area contributed by atoms with Gasteiger partial charge in [-0.2, -0.15) is 0 Å². The minimum atomic E-state index is -0.757. The van der Waals surface area contributed by atoms with Crippen molar-refractivity contribution in [3.05, 3.63) is 52.3 Å². The topological polar surface area (TPSA) is 85.6 Å². The molecule has 2 heterocycles. The highest BCUT2D eigenvalue weighted by Gasteiger charge is 2.26. The Morgan fingerprint density at radius 3 is 2.59 bits per heavy atom. The largest absolute Gasteiger partial charge is 0.481 e. The normalized spacial score (nSPS) is 11.0. The van der Waals surface area contributed by atoms with E-state index < -0.39 is 11.7 Å². The number of ether oxygens (including phenoxy) is 1. The Hall–Kier alpha value is -2.99. The number of aliphatic imine (C=N–C) groups is 1. The third kappa shape index (κ3) is 5.92. The lowest BCUT2D eigenvalue weighted by molar-refractivity contribution is -0.112. The van der Waals surface area contributed by atoms with Crippen LogP contribution >= 0.6 is 35.0 Å². The molecule has 0 fully saturated rings. The first-order chi connectivity index (χ1) is 16.3. The number of ketones is 1. The van der Waals surface area contributed by atoms with Crippen LogP contribution in [0.5, 0.6) is 5.88 Å². The molecular weight excluding hydrogens is 495 g/mol. The highest BCUT2D eigenvalue weighted by atomic mass is 35.5. The Labute approximate surface area is 212 Å². The molecule has 2 aromatic heterocycles. The van der Waals surface area contributed by atoms with E-state index in [1.165, 1.54) is 25.1 Å². The second kappa shape index (κ2) is 12.5. The smallest absolute Gasteiger partial charge is 0.296 e. The zero-order valence-corrected chi connectivity index (χ0v) is 21.5. The van der Waals surface area contributed by atoms with E-state index in [0.717, 1.165) is 16.1 Å². The molecule has 1 amide bonds. The highest BCUT2D eigenvalue weighted by molar-refractivity contribution is 8.14. The van der Waals surface area contributed by atoms with Crippen LogP contribution in [0.15, 0.2) is 35.5 Å². The summed E-state index contributed by atoms with van der Waals surface area (Å²) in [5.41, 5.74) is 2.94. The van der Waals surface area contributed by atoms with Crippen molar-refractivity contribution >= 4 is 68.3 Å². The molecule has 0 saturated carbocycles. The molecule has 0 aliphatic heterocycles. The number of hydrogen-bond donors (Lipinski definition) is 1. The second-order valence-electron chi connectivity index (χ2n) is 6.91. The number of carbonyl (C=O) groups excluding carboxylic acids is 2. The summed E-state index contributed by atoms with van der Waals surface area (Å²) in [7, 11) is 3.16. The molecule has 3 rings (SSSR count). The van der Waals surface area contributed by atoms with Gasteiger partial charge in [-0.1, -0.05) is 23.4 Å². The maximum atomic E-state index is 13.3. The van der Waals surface area contributed by atoms with Gasteiger partial charge in [-0.05, 0) is 37.6 Å². The number of carbonyl (C=O) groups is 2. The summed E-state index contributed by atoms with van der Waals surface area (Å²) in [5.74, 6) is -1.08. The van der Waals surface area contributed by atoms with Crippen LogP contribution in [0, 0.1) is 26.7 Å². The average molecular weight is 519 g/mol. The van der Waals surface area contributed by atoms with Crippen LogP contribution in [0.25, 0.3) is 10.9 Å². The number of hydrogen-bond acceptors (Lipinski definition) is 6. The van der Waals surface area contributed by atoms with Gasteiger partial charge in [0.15, 0.2) is 0 Å². The van der Waals surface area contributed by atoms with Crippen molar-refractivity contribution in [2.75, 3.05) is 24.7 Å². The fourth-order valence-corrected chi connectivity index (χ4v) is 4.39. The molecule has 0 saturated heterocycles. The van der Waals surface area contributed by atoms with E-state index in [4.69, 9.17) is 27.9 Å². The number of rotatable bonds is 7. The maximum absolute atomic E-state index is 13.3. The quantitative estimate of drug-likeness (QED) is 0.114. The first kappa shape index (κ1) is 27.3. The first-order valence-corrected chi connectivity index (χ1v) is 11.8. The van der Waals surface area contributed by atoms with Gasteiger partial charge in [-0.25, -0.2) is 4.98 Å². The number of halogens is 2. The maximum Gasteiger partial charge on any atom is 0.296 e. The number of Topliss-reactive ketones (excluding diaryl/α,β-unsaturated/α-hetero) is 1. The van der Waals surface area contributed by atoms with E-state index in [1.54, 1.807) is 32.2 Å². The number of nitrogens with zero attached hydrogens (tertiary/aromatic N) is 3. The molecule has 7 nitrogen and oxygen atoms in total. The van der Waals surface area contributed by atoms with Crippen molar-refractivity contribution in [2.24, 2.45) is 4.99 Å². The number of aromatic nitrogens is 2. The first-order valence-electron chi connectivity index (χ1n) is 9.93. The van der Waals surface area contributed by atoms with Crippen LogP contribution in [0.1, 0.15) is 21.6 Å². The summed E-state index contributed by atoms with van der Waals surface area (Å²) >= 11 is 13.7. The molecule has 0 atom stereocenters. The van der Waals surface area contributed by atoms with Crippen LogP contribution < -0.4 is 10.1 Å². The van der Waals surface area contributed by atoms with Crippen LogP contribution in [0.3, 0.4) is 0 Å². The van der Waals surface area contributed by atoms with Crippen molar-refractivity contribution in [3.63, 3.8) is 0 Å². The molecule has 34 heavy (non-hydrogen) atoms. The van der Waals surface area contributed by atoms with E-state index in [9.17, 15) is 9.59 Å². The molecule has 0 radical (unpaired) electrons. The lowest BCUT2D eigenvalue weighted by atomic mass is 10.0. The van der Waals surface area contributed by atoms with Gasteiger partial charge in [0.1, 0.15) is 0 Å². The lowest BCUT2D eigenvalue weighted by Crippen LogP contribution is -2.23. The van der Waals surface area contributed by atoms with Gasteiger partial charge in [0.2, 0.25) is 5.88 Å². The highest BCUT2D eigenvalue weighted by Crippen LogP contribution is 2.32. The number of pyridine rings is 1. The van der Waals surface area contributed by atoms with Gasteiger partial charge in [0, 0.05) is 41.1 Å². The molecular formula is C24H24Cl2N4O3S. The standard InChI is InChI=1S/C22H22Cl2N4O3S.C2H2/c1-12-7-15-17(9-16(12)24)28(10-19(25-3)32-11-23)13(2)20(15)21(29)22(30)27-14-5-6-26-18(8-14)31-4;1-2/h5-9H,10-11H2,1-4H3,(H,26,27,30);1-2H. The summed E-state index contributed by atoms with van der Waals surface area (Å²) in [5, 5.41) is 5.00. The van der Waals surface area contributed by atoms with E-state index in [0.29, 0.717) is 45.0 Å². The predicted octanol–water partition coefficient (Wildman–Crippen LogP) is 5.34. The Balaban J connectivity index is 0.00000199. The average Bonchev–Trinajstić information content (AvgIpc) is 3.09. The van der Waals surface area contributed by atoms with E-state index >= 15 is 0 Å². The zero-order valence-electron chi connectivity index (χ0n) is 19.2. The Morgan fingerprint density at radius 2 is 1.97 bits per heavy atom. The molecule has 1 N–H and O–H groups in total. The molecule has 3 aromatic rings. The van der Waals surface area contributed by atoms with Crippen LogP contribution in [-0.2, 0) is 11.3 Å². The van der Waals surface area contributed by atoms with Gasteiger partial charge >= 0.3 is 0 Å². The number of terminal acetylenes is 1. The number of thioether (sulfide) groups is 1. The summed E-state index contributed by atoms with van der Waals surface area (Å²) in [4.78, 5) is 34.4. The summed E-state index contributed by atoms with van der Waals surface area (Å²) in [6, 6.07) is 6.76. The molecule has 1 aromatic carbocycles. The van der Waals surface area contributed by atoms with Crippen molar-refractivity contribution in [1.29, 1.82) is 0 Å². The summed E-state index contributed by atoms with van der Waals surface area (Å²) in [6.45, 7) is 4.07. The second-order valence-corrected chi connectivity index (χ2v) is 8.95. The SMILES string of the molecule is C#C.CN=C(Cn1c(C)c(C(=O)C(=O)Nc2ccnc(OC)c2)c2cc(C)c(Cl)cc21)SCCl. The van der Waals surface area contributed by atoms with Crippen molar-refractivity contribution in [2.45, 2.75) is 20.4 Å². The third-order valence-corrected chi connectivity index (χ3v) is 6.49. The predicted molar refractivity (Wildman–Crippen MR) is 142 cm³/mol. The fraction of sp³-hybridized carbons (Fsp3) is 0.250. The van der Waals surface area contributed by atoms with E-state index in [-0.39, 0.29) is 0 Å². The van der Waals surface area contributed by atoms with Crippen LogP contribution in [0.2, 0.25) is 5.02 Å². The van der Waals surface area contributed by atoms with E-state index in [1.807, 2.05) is 17.6 Å². The van der Waals surface area contributed by atoms with Gasteiger partial charge in [0.25, 0.3) is 11.7 Å². The molecule has 0 unspecified atom stereocenters. The number of benzene rings is 1. The number of fused-ring (bicyclic) bond motifs is 1. The molecule has 0 bridgehead atoms. The third-order valence-electron chi connectivity index (χ3n) is 5.00. The number of nitrogens with one attached hydrogen (secondary N) is 1. The zero-order chi connectivity index (χ0) is 25.4. The van der Waals surface area contributed by atoms with Crippen molar-refractivity contribution in [1.82, 2.24) is 9.55 Å². The minimum absolute atomic E-state index is 0.324. The van der Waals surface area contributed by atoms with E-state index in [2.05, 4.69) is 28.1 Å². The van der Waals surface area contributed by atoms with Crippen LogP contribution in [-0.4, -0.2) is 45.7 Å². The number of aryl methyl sites for hydroxylation is 1. The van der Waals surface area contributed by atoms with Gasteiger partial charge in [-0.15, -0.1) is 24.4 Å². The molecule has 10 heteroatoms. The van der Waals surface area contributed by atoms with Crippen LogP contribution in [0.4, 0.5) is 5.69 Å². The molecule has 178 valence electrons.